The molecule has 0 aromatic rings. The van der Waals surface area contributed by atoms with Gasteiger partial charge in [0, 0.05) is 0 Å². The quantitative estimate of drug-likeness (QED) is 0.637. The molecule has 1 fully saturated rings. The Morgan fingerprint density at radius 3 is 2.46 bits per heavy atom. The van der Waals surface area contributed by atoms with Crippen LogP contribution in [0.5, 0.6) is 0 Å². The molecule has 0 saturated carbocycles. The molecule has 3 nitrogen and oxygen atoms in total. The molecule has 1 atom stereocenters. The van der Waals surface area contributed by atoms with Crippen LogP contribution in [0.15, 0.2) is 0 Å². The van der Waals surface area contributed by atoms with E-state index >= 15 is 0 Å². The smallest absolute Gasteiger partial charge is 0.257 e. The van der Waals surface area contributed by atoms with Gasteiger partial charge >= 0.3 is 0 Å². The van der Waals surface area contributed by atoms with Gasteiger partial charge in [-0.3, -0.25) is 4.79 Å². The van der Waals surface area contributed by atoms with Crippen LogP contribution >= 0.6 is 23.2 Å². The van der Waals surface area contributed by atoms with Crippen molar-refractivity contribution in [2.45, 2.75) is 37.4 Å². The van der Waals surface area contributed by atoms with Crippen molar-refractivity contribution in [2.24, 2.45) is 0 Å². The van der Waals surface area contributed by atoms with Crippen LogP contribution in [0.3, 0.4) is 0 Å². The zero-order chi connectivity index (χ0) is 10.2. The third-order valence-corrected chi connectivity index (χ3v) is 2.32. The van der Waals surface area contributed by atoms with Crippen LogP contribution in [0.4, 0.5) is 0 Å². The molecule has 0 spiro atoms. The Morgan fingerprint density at radius 2 is 2.15 bits per heavy atom. The topological polar surface area (TPSA) is 29.5 Å². The van der Waals surface area contributed by atoms with Crippen molar-refractivity contribution in [3.63, 3.8) is 0 Å². The number of hydrogen-bond donors (Lipinski definition) is 0. The molecule has 1 amide bonds. The number of amides is 1. The van der Waals surface area contributed by atoms with E-state index in [2.05, 4.69) is 0 Å². The second kappa shape index (κ2) is 3.64. The van der Waals surface area contributed by atoms with E-state index in [1.54, 1.807) is 4.90 Å². The van der Waals surface area contributed by atoms with Crippen LogP contribution < -0.4 is 0 Å². The number of alkyl halides is 2. The van der Waals surface area contributed by atoms with E-state index in [4.69, 9.17) is 27.9 Å². The van der Waals surface area contributed by atoms with Crippen LogP contribution in [-0.2, 0) is 9.53 Å². The summed E-state index contributed by atoms with van der Waals surface area (Å²) in [6.45, 7) is 6.19. The van der Waals surface area contributed by atoms with Crippen molar-refractivity contribution in [1.82, 2.24) is 4.90 Å². The van der Waals surface area contributed by atoms with Crippen molar-refractivity contribution < 1.29 is 9.53 Å². The Kier molecular flexibility index (Phi) is 3.10. The van der Waals surface area contributed by atoms with Crippen molar-refractivity contribution >= 4 is 29.1 Å². The molecule has 0 aromatic heterocycles. The molecule has 0 bridgehead atoms. The normalized spacial score (nSPS) is 26.9. The van der Waals surface area contributed by atoms with Gasteiger partial charge in [0.2, 0.25) is 0 Å². The van der Waals surface area contributed by atoms with Gasteiger partial charge < -0.3 is 9.64 Å². The molecule has 5 heteroatoms. The molecular formula is C8H13Cl2NO2. The summed E-state index contributed by atoms with van der Waals surface area (Å²) in [6.07, 6.45) is -0.248. The van der Waals surface area contributed by atoms with Crippen molar-refractivity contribution in [3.05, 3.63) is 0 Å². The second-order valence-electron chi connectivity index (χ2n) is 3.74. The van der Waals surface area contributed by atoms with Gasteiger partial charge in [-0.2, -0.15) is 0 Å². The van der Waals surface area contributed by atoms with E-state index in [1.807, 2.05) is 20.8 Å². The lowest BCUT2D eigenvalue weighted by atomic mass is 10.1. The molecule has 76 valence electrons. The standard InChI is InChI=1S/C8H13Cl2NO2/c1-5-11(7(12)6(9)10)4-8(2,3)13-5/h5-6H,4H2,1-3H3. The molecule has 1 unspecified atom stereocenters. The lowest BCUT2D eigenvalue weighted by Gasteiger charge is -2.19. The third kappa shape index (κ3) is 2.48. The molecule has 0 N–H and O–H groups in total. The maximum Gasteiger partial charge on any atom is 0.257 e. The average molecular weight is 226 g/mol. The number of carbonyl (C=O) groups is 1. The first-order valence-corrected chi connectivity index (χ1v) is 4.97. The largest absolute Gasteiger partial charge is 0.351 e. The number of carbonyl (C=O) groups excluding carboxylic acids is 1. The second-order valence-corrected chi connectivity index (χ2v) is 4.84. The molecule has 0 aromatic carbocycles. The van der Waals surface area contributed by atoms with Crippen LogP contribution in [0.1, 0.15) is 20.8 Å². The number of hydrogen-bond acceptors (Lipinski definition) is 2. The zero-order valence-corrected chi connectivity index (χ0v) is 9.39. The summed E-state index contributed by atoms with van der Waals surface area (Å²) >= 11 is 11.0. The predicted molar refractivity (Wildman–Crippen MR) is 51.8 cm³/mol. The van der Waals surface area contributed by atoms with Crippen molar-refractivity contribution in [2.75, 3.05) is 6.54 Å². The average Bonchev–Trinajstić information content (AvgIpc) is 2.22. The monoisotopic (exact) mass is 225 g/mol. The van der Waals surface area contributed by atoms with E-state index in [0.29, 0.717) is 6.54 Å². The van der Waals surface area contributed by atoms with E-state index in [9.17, 15) is 4.79 Å². The first kappa shape index (κ1) is 11.1. The van der Waals surface area contributed by atoms with E-state index in [-0.39, 0.29) is 17.7 Å². The Bertz CT molecular complexity index is 218. The van der Waals surface area contributed by atoms with Gasteiger partial charge in [-0.25, -0.2) is 0 Å². The van der Waals surface area contributed by atoms with Crippen LogP contribution in [0.2, 0.25) is 0 Å². The van der Waals surface area contributed by atoms with Gasteiger partial charge in [0.1, 0.15) is 6.23 Å². The van der Waals surface area contributed by atoms with E-state index < -0.39 is 4.84 Å². The fraction of sp³-hybridized carbons (Fsp3) is 0.875. The third-order valence-electron chi connectivity index (χ3n) is 1.95. The molecule has 1 rings (SSSR count). The number of nitrogens with zero attached hydrogens (tertiary/aromatic N) is 1. The summed E-state index contributed by atoms with van der Waals surface area (Å²) in [6, 6.07) is 0. The summed E-state index contributed by atoms with van der Waals surface area (Å²) in [7, 11) is 0. The summed E-state index contributed by atoms with van der Waals surface area (Å²) in [5.74, 6) is -0.290. The fourth-order valence-corrected chi connectivity index (χ4v) is 1.73. The van der Waals surface area contributed by atoms with E-state index in [1.165, 1.54) is 0 Å². The fourth-order valence-electron chi connectivity index (χ4n) is 1.48. The molecule has 13 heavy (non-hydrogen) atoms. The van der Waals surface area contributed by atoms with Gasteiger partial charge in [-0.05, 0) is 20.8 Å². The zero-order valence-electron chi connectivity index (χ0n) is 7.88. The predicted octanol–water partition coefficient (Wildman–Crippen LogP) is 1.77. The molecule has 1 saturated heterocycles. The van der Waals surface area contributed by atoms with Crippen molar-refractivity contribution in [1.29, 1.82) is 0 Å². The number of ether oxygens (including phenoxy) is 1. The first-order valence-electron chi connectivity index (χ1n) is 4.10. The number of halogens is 2. The molecule has 0 radical (unpaired) electrons. The minimum Gasteiger partial charge on any atom is -0.351 e. The van der Waals surface area contributed by atoms with Gasteiger partial charge in [-0.15, -0.1) is 0 Å². The Morgan fingerprint density at radius 1 is 1.62 bits per heavy atom. The Labute approximate surface area is 87.9 Å². The molecule has 1 heterocycles. The lowest BCUT2D eigenvalue weighted by Crippen LogP contribution is -2.38. The minimum absolute atomic E-state index is 0.248. The lowest BCUT2D eigenvalue weighted by molar-refractivity contribution is -0.133. The highest BCUT2D eigenvalue weighted by atomic mass is 35.5. The van der Waals surface area contributed by atoms with Crippen LogP contribution in [0, 0.1) is 0 Å². The van der Waals surface area contributed by atoms with Gasteiger partial charge in [0.25, 0.3) is 5.91 Å². The summed E-state index contributed by atoms with van der Waals surface area (Å²) in [5.41, 5.74) is -0.308. The molecular weight excluding hydrogens is 213 g/mol. The highest BCUT2D eigenvalue weighted by Crippen LogP contribution is 2.26. The summed E-state index contributed by atoms with van der Waals surface area (Å²) in [4.78, 5) is 12.0. The summed E-state index contributed by atoms with van der Waals surface area (Å²) < 4.78 is 5.52. The highest BCUT2D eigenvalue weighted by Gasteiger charge is 2.39. The van der Waals surface area contributed by atoms with Crippen LogP contribution in [-0.4, -0.2) is 34.0 Å². The van der Waals surface area contributed by atoms with Gasteiger partial charge in [0.15, 0.2) is 4.84 Å². The Hall–Kier alpha value is 0.01000. The molecule has 1 aliphatic rings. The van der Waals surface area contributed by atoms with E-state index in [0.717, 1.165) is 0 Å². The highest BCUT2D eigenvalue weighted by molar-refractivity contribution is 6.53. The minimum atomic E-state index is -1.00. The first-order chi connectivity index (χ1) is 5.83. The SMILES string of the molecule is CC1OC(C)(C)CN1C(=O)C(Cl)Cl. The summed E-state index contributed by atoms with van der Waals surface area (Å²) in [5, 5.41) is 0. The van der Waals surface area contributed by atoms with Gasteiger partial charge in [0.05, 0.1) is 12.1 Å². The maximum absolute atomic E-state index is 11.4. The molecule has 0 aliphatic carbocycles. The van der Waals surface area contributed by atoms with Gasteiger partial charge in [-0.1, -0.05) is 23.2 Å². The number of rotatable bonds is 1. The Balaban J connectivity index is 2.68. The van der Waals surface area contributed by atoms with Crippen LogP contribution in [0.25, 0.3) is 0 Å². The molecule has 1 aliphatic heterocycles. The maximum atomic E-state index is 11.4. The van der Waals surface area contributed by atoms with Crippen molar-refractivity contribution in [3.8, 4) is 0 Å².